The molecular formula is C35H48ClFN8O4S2Si2. The summed E-state index contributed by atoms with van der Waals surface area (Å²) in [4.78, 5) is 41.7. The number of carbonyl (C=O) groups is 2. The molecule has 0 aliphatic heterocycles. The quantitative estimate of drug-likeness (QED) is 0.0349. The molecule has 1 aromatic carbocycles. The Labute approximate surface area is 325 Å². The van der Waals surface area contributed by atoms with E-state index in [-0.39, 0.29) is 17.7 Å². The molecule has 4 N–H and O–H groups in total. The van der Waals surface area contributed by atoms with Gasteiger partial charge in [0.2, 0.25) is 0 Å². The number of benzene rings is 1. The molecule has 4 aromatic heterocycles. The van der Waals surface area contributed by atoms with E-state index in [0.717, 1.165) is 23.2 Å². The highest BCUT2D eigenvalue weighted by atomic mass is 35.5. The normalized spacial score (nSPS) is 12.0. The smallest absolute Gasteiger partial charge is 0.251 e. The fourth-order valence-electron chi connectivity index (χ4n) is 5.21. The fourth-order valence-corrected chi connectivity index (χ4v) is 7.76. The van der Waals surface area contributed by atoms with Gasteiger partial charge in [0.05, 0.1) is 27.6 Å². The number of nitrogens with two attached hydrogens (primary N) is 2. The summed E-state index contributed by atoms with van der Waals surface area (Å²) in [5.74, 6) is -1.45. The highest BCUT2D eigenvalue weighted by Crippen LogP contribution is 2.34. The van der Waals surface area contributed by atoms with Gasteiger partial charge in [0.25, 0.3) is 11.8 Å². The Kier molecular flexibility index (Phi) is 14.3. The van der Waals surface area contributed by atoms with Crippen LogP contribution in [-0.2, 0) is 22.9 Å². The van der Waals surface area contributed by atoms with Crippen LogP contribution in [0, 0.1) is 12.7 Å². The van der Waals surface area contributed by atoms with E-state index in [2.05, 4.69) is 59.2 Å². The summed E-state index contributed by atoms with van der Waals surface area (Å²) in [6.07, 6.45) is 7.05. The Bertz CT molecular complexity index is 2120. The van der Waals surface area contributed by atoms with E-state index in [9.17, 15) is 14.0 Å². The summed E-state index contributed by atoms with van der Waals surface area (Å²) in [6.45, 7) is 17.5. The molecule has 5 aromatic rings. The SMILES string of the molecule is CSc1nc(-c2ccc(F)cc2C)c2c(C(N)=O)cn(COCC[Si](C)(C)C)c2n1.CSc1nc(Cl)c2c(C(N)=O)cn(COCC[Si](C)(C)C)c2n1. The van der Waals surface area contributed by atoms with E-state index in [1.165, 1.54) is 35.7 Å². The number of hydrogen-bond acceptors (Lipinski definition) is 10. The summed E-state index contributed by atoms with van der Waals surface area (Å²) in [5, 5.41) is 2.36. The highest BCUT2D eigenvalue weighted by Gasteiger charge is 2.23. The third kappa shape index (κ3) is 11.1. The number of nitrogens with zero attached hydrogens (tertiary/aromatic N) is 6. The molecule has 0 bridgehead atoms. The van der Waals surface area contributed by atoms with Crippen molar-refractivity contribution < 1.29 is 23.5 Å². The van der Waals surface area contributed by atoms with Gasteiger partial charge in [0.1, 0.15) is 35.7 Å². The van der Waals surface area contributed by atoms with Gasteiger partial charge >= 0.3 is 0 Å². The van der Waals surface area contributed by atoms with Gasteiger partial charge in [-0.2, -0.15) is 0 Å². The molecule has 0 spiro atoms. The first-order valence-electron chi connectivity index (χ1n) is 16.9. The Hall–Kier alpha value is -3.33. The summed E-state index contributed by atoms with van der Waals surface area (Å²) < 4.78 is 28.8. The predicted molar refractivity (Wildman–Crippen MR) is 219 cm³/mol. The number of rotatable bonds is 15. The number of carbonyl (C=O) groups excluding carboxylic acids is 2. The van der Waals surface area contributed by atoms with E-state index in [0.29, 0.717) is 69.1 Å². The van der Waals surface area contributed by atoms with Crippen molar-refractivity contribution in [1.82, 2.24) is 29.1 Å². The number of hydrogen-bond donors (Lipinski definition) is 2. The first-order valence-corrected chi connectivity index (χ1v) is 27.1. The molecule has 0 fully saturated rings. The molecule has 0 saturated heterocycles. The van der Waals surface area contributed by atoms with Gasteiger partial charge in [-0.25, -0.2) is 24.3 Å². The van der Waals surface area contributed by atoms with Crippen LogP contribution in [0.2, 0.25) is 56.5 Å². The predicted octanol–water partition coefficient (Wildman–Crippen LogP) is 7.90. The largest absolute Gasteiger partial charge is 0.366 e. The van der Waals surface area contributed by atoms with Crippen molar-refractivity contribution in [3.63, 3.8) is 0 Å². The molecule has 4 heterocycles. The standard InChI is InChI=1S/C21H27FN4O2SSi.C14H21ClN4O2SSi/c1-13-10-14(22)6-7-15(13)18-17-16(19(23)27)11-26(12-28-8-9-30(3,4)5)20(17)25-21(24-18)29-2;1-22-14-17-11(15)10-9(12(16)20)7-19(13(10)18-14)8-21-5-6-23(2,3)4/h6-7,10-11H,8-9,12H2,1-5H3,(H2,23,27);7H,5-6,8H2,1-4H3,(H2,16,20). The van der Waals surface area contributed by atoms with Crippen LogP contribution in [0.3, 0.4) is 0 Å². The zero-order valence-electron chi connectivity index (χ0n) is 31.7. The molecule has 53 heavy (non-hydrogen) atoms. The fraction of sp³-hybridized carbons (Fsp3) is 0.429. The molecule has 286 valence electrons. The number of ether oxygens (including phenoxy) is 2. The van der Waals surface area contributed by atoms with Crippen molar-refractivity contribution in [3.8, 4) is 11.3 Å². The van der Waals surface area contributed by atoms with Gasteiger partial charge < -0.3 is 30.1 Å². The molecule has 0 saturated carbocycles. The summed E-state index contributed by atoms with van der Waals surface area (Å²) in [7, 11) is -2.35. The summed E-state index contributed by atoms with van der Waals surface area (Å²) >= 11 is 8.99. The maximum Gasteiger partial charge on any atom is 0.251 e. The van der Waals surface area contributed by atoms with Gasteiger partial charge in [-0.15, -0.1) is 0 Å². The van der Waals surface area contributed by atoms with Gasteiger partial charge in [-0.1, -0.05) is 74.4 Å². The third-order valence-corrected chi connectivity index (χ3v) is 12.9. The second kappa shape index (κ2) is 17.9. The van der Waals surface area contributed by atoms with Gasteiger partial charge in [0.15, 0.2) is 10.3 Å². The zero-order valence-corrected chi connectivity index (χ0v) is 36.1. The van der Waals surface area contributed by atoms with Crippen LogP contribution < -0.4 is 11.5 Å². The molecule has 0 aliphatic rings. The van der Waals surface area contributed by atoms with Gasteiger partial charge in [0, 0.05) is 47.3 Å². The van der Waals surface area contributed by atoms with E-state index >= 15 is 0 Å². The van der Waals surface area contributed by atoms with Crippen molar-refractivity contribution >= 4 is 85.2 Å². The van der Waals surface area contributed by atoms with E-state index in [1.807, 2.05) is 19.4 Å². The van der Waals surface area contributed by atoms with E-state index in [1.54, 1.807) is 27.6 Å². The number of thioether (sulfide) groups is 2. The van der Waals surface area contributed by atoms with Crippen LogP contribution in [0.5, 0.6) is 0 Å². The van der Waals surface area contributed by atoms with Gasteiger partial charge in [-0.05, 0) is 55.3 Å². The molecule has 0 radical (unpaired) electrons. The van der Waals surface area contributed by atoms with Crippen LogP contribution >= 0.6 is 35.1 Å². The van der Waals surface area contributed by atoms with Crippen molar-refractivity contribution in [3.05, 3.63) is 58.3 Å². The topological polar surface area (TPSA) is 166 Å². The number of halogens is 2. The summed E-state index contributed by atoms with van der Waals surface area (Å²) in [6, 6.07) is 6.61. The van der Waals surface area contributed by atoms with Crippen molar-refractivity contribution in [2.24, 2.45) is 11.5 Å². The van der Waals surface area contributed by atoms with Crippen LogP contribution in [0.25, 0.3) is 33.3 Å². The maximum atomic E-state index is 13.7. The minimum atomic E-state index is -1.21. The molecule has 0 unspecified atom stereocenters. The third-order valence-electron chi connectivity index (χ3n) is 8.14. The van der Waals surface area contributed by atoms with Crippen molar-refractivity contribution in [2.75, 3.05) is 25.7 Å². The lowest BCUT2D eigenvalue weighted by molar-refractivity contribution is 0.0892. The molecule has 5 rings (SSSR count). The second-order valence-corrected chi connectivity index (χ2v) is 28.0. The molecule has 18 heteroatoms. The van der Waals surface area contributed by atoms with E-state index in [4.69, 9.17) is 32.5 Å². The molecule has 0 atom stereocenters. The van der Waals surface area contributed by atoms with Gasteiger partial charge in [-0.3, -0.25) is 9.59 Å². The number of primary amides is 2. The average Bonchev–Trinajstić information content (AvgIpc) is 3.63. The lowest BCUT2D eigenvalue weighted by Crippen LogP contribution is -2.22. The second-order valence-electron chi connectivity index (χ2n) is 14.9. The zero-order chi connectivity index (χ0) is 39.2. The summed E-state index contributed by atoms with van der Waals surface area (Å²) in [5.41, 5.74) is 14.9. The van der Waals surface area contributed by atoms with Crippen LogP contribution in [0.15, 0.2) is 40.9 Å². The maximum absolute atomic E-state index is 13.7. The molecule has 12 nitrogen and oxygen atoms in total. The Balaban J connectivity index is 0.000000245. The Morgan fingerprint density at radius 2 is 1.26 bits per heavy atom. The van der Waals surface area contributed by atoms with Crippen LogP contribution in [0.1, 0.15) is 26.3 Å². The highest BCUT2D eigenvalue weighted by molar-refractivity contribution is 7.98. The minimum Gasteiger partial charge on any atom is -0.366 e. The first-order chi connectivity index (χ1) is 24.8. The van der Waals surface area contributed by atoms with Crippen molar-refractivity contribution in [2.45, 2.75) is 82.1 Å². The first kappa shape index (κ1) is 42.4. The number of aryl methyl sites for hydroxylation is 1. The molecule has 0 aliphatic carbocycles. The van der Waals surface area contributed by atoms with Crippen LogP contribution in [-0.4, -0.2) is 82.8 Å². The minimum absolute atomic E-state index is 0.231. The van der Waals surface area contributed by atoms with Crippen LogP contribution in [0.4, 0.5) is 4.39 Å². The number of amides is 2. The number of aromatic nitrogens is 6. The van der Waals surface area contributed by atoms with E-state index < -0.39 is 28.0 Å². The average molecular weight is 820 g/mol. The monoisotopic (exact) mass is 818 g/mol. The molecular weight excluding hydrogens is 771 g/mol. The molecule has 2 amide bonds. The van der Waals surface area contributed by atoms with Crippen molar-refractivity contribution in [1.29, 1.82) is 0 Å². The Morgan fingerprint density at radius 3 is 1.72 bits per heavy atom. The number of fused-ring (bicyclic) bond motifs is 2. The Morgan fingerprint density at radius 1 is 0.792 bits per heavy atom. The lowest BCUT2D eigenvalue weighted by atomic mass is 10.0. The lowest BCUT2D eigenvalue weighted by Gasteiger charge is -2.15.